The van der Waals surface area contributed by atoms with Crippen molar-refractivity contribution < 1.29 is 19.1 Å². The fraction of sp³-hybridized carbons (Fsp3) is 0.400. The fourth-order valence-corrected chi connectivity index (χ4v) is 3.81. The number of carbonyl (C=O) groups excluding carboxylic acids is 3. The van der Waals surface area contributed by atoms with Gasteiger partial charge in [0.15, 0.2) is 0 Å². The molecule has 0 spiro atoms. The molecule has 2 aromatic carbocycles. The fourth-order valence-electron chi connectivity index (χ4n) is 3.81. The van der Waals surface area contributed by atoms with E-state index in [1.54, 1.807) is 9.80 Å². The highest BCUT2D eigenvalue weighted by atomic mass is 16.5. The van der Waals surface area contributed by atoms with Gasteiger partial charge in [0, 0.05) is 44.6 Å². The average molecular weight is 438 g/mol. The summed E-state index contributed by atoms with van der Waals surface area (Å²) in [6.45, 7) is 5.69. The van der Waals surface area contributed by atoms with E-state index in [1.807, 2.05) is 68.4 Å². The van der Waals surface area contributed by atoms with Crippen molar-refractivity contribution in [3.8, 4) is 11.5 Å². The number of rotatable bonds is 10. The van der Waals surface area contributed by atoms with Crippen LogP contribution in [0.1, 0.15) is 39.5 Å². The lowest BCUT2D eigenvalue weighted by molar-refractivity contribution is -0.131. The molecule has 0 saturated carbocycles. The number of hydrogen-bond acceptors (Lipinski definition) is 4. The first kappa shape index (κ1) is 23.3. The average Bonchev–Trinajstić information content (AvgIpc) is 3.15. The van der Waals surface area contributed by atoms with Gasteiger partial charge in [-0.2, -0.15) is 0 Å². The summed E-state index contributed by atoms with van der Waals surface area (Å²) < 4.78 is 5.79. The lowest BCUT2D eigenvalue weighted by Crippen LogP contribution is -2.37. The first-order valence-corrected chi connectivity index (χ1v) is 11.2. The number of nitrogens with zero attached hydrogens (tertiary/aromatic N) is 2. The minimum absolute atomic E-state index is 0.0243. The summed E-state index contributed by atoms with van der Waals surface area (Å²) in [6, 6.07) is 16.6. The van der Waals surface area contributed by atoms with Gasteiger partial charge in [-0.3, -0.25) is 14.4 Å². The van der Waals surface area contributed by atoms with Crippen molar-refractivity contribution in [1.29, 1.82) is 0 Å². The van der Waals surface area contributed by atoms with Crippen LogP contribution in [0.5, 0.6) is 11.5 Å². The number of ether oxygens (including phenoxy) is 1. The minimum atomic E-state index is -0.228. The van der Waals surface area contributed by atoms with E-state index in [4.69, 9.17) is 4.74 Å². The third-order valence-electron chi connectivity index (χ3n) is 5.53. The van der Waals surface area contributed by atoms with Crippen LogP contribution in [0.2, 0.25) is 0 Å². The number of benzene rings is 2. The van der Waals surface area contributed by atoms with Crippen LogP contribution in [-0.2, 0) is 14.4 Å². The molecule has 0 bridgehead atoms. The van der Waals surface area contributed by atoms with Gasteiger partial charge in [-0.25, -0.2) is 0 Å². The largest absolute Gasteiger partial charge is 0.457 e. The van der Waals surface area contributed by atoms with Crippen LogP contribution in [-0.4, -0.2) is 48.3 Å². The lowest BCUT2D eigenvalue weighted by atomic mass is 10.2. The molecule has 3 amide bonds. The Kier molecular flexibility index (Phi) is 8.25. The molecular weight excluding hydrogens is 406 g/mol. The van der Waals surface area contributed by atoms with Gasteiger partial charge in [0.25, 0.3) is 0 Å². The second kappa shape index (κ2) is 11.3. The van der Waals surface area contributed by atoms with Crippen molar-refractivity contribution in [2.24, 2.45) is 0 Å². The normalized spacial score (nSPS) is 15.5. The van der Waals surface area contributed by atoms with E-state index < -0.39 is 0 Å². The zero-order chi connectivity index (χ0) is 22.9. The zero-order valence-corrected chi connectivity index (χ0v) is 18.8. The van der Waals surface area contributed by atoms with Crippen LogP contribution < -0.4 is 15.0 Å². The van der Waals surface area contributed by atoms with Crippen molar-refractivity contribution in [3.63, 3.8) is 0 Å². The highest BCUT2D eigenvalue weighted by Gasteiger charge is 2.31. The molecule has 32 heavy (non-hydrogen) atoms. The van der Waals surface area contributed by atoms with Crippen molar-refractivity contribution in [2.75, 3.05) is 24.5 Å². The Morgan fingerprint density at radius 1 is 1.00 bits per heavy atom. The number of nitrogens with one attached hydrogen (secondary N) is 1. The SMILES string of the molecule is CCN(CC)C(=O)CCCC(=O)NC1CC(=O)N(c2ccc(Oc3ccccc3)cc2)C1. The minimum Gasteiger partial charge on any atom is -0.457 e. The molecule has 1 aliphatic heterocycles. The van der Waals surface area contributed by atoms with Gasteiger partial charge >= 0.3 is 0 Å². The molecule has 2 aromatic rings. The molecular formula is C25H31N3O4. The summed E-state index contributed by atoms with van der Waals surface area (Å²) in [7, 11) is 0. The van der Waals surface area contributed by atoms with Gasteiger partial charge in [0.05, 0.1) is 6.04 Å². The summed E-state index contributed by atoms with van der Waals surface area (Å²) in [4.78, 5) is 40.2. The van der Waals surface area contributed by atoms with Crippen LogP contribution in [0, 0.1) is 0 Å². The Hall–Kier alpha value is -3.35. The summed E-state index contributed by atoms with van der Waals surface area (Å²) in [6.07, 6.45) is 1.42. The molecule has 1 fully saturated rings. The molecule has 0 radical (unpaired) electrons. The second-order valence-electron chi connectivity index (χ2n) is 7.80. The Labute approximate surface area is 189 Å². The Balaban J connectivity index is 1.46. The summed E-state index contributed by atoms with van der Waals surface area (Å²) in [5.74, 6) is 1.37. The third-order valence-corrected chi connectivity index (χ3v) is 5.53. The number of hydrogen-bond donors (Lipinski definition) is 1. The van der Waals surface area contributed by atoms with Crippen LogP contribution in [0.25, 0.3) is 0 Å². The van der Waals surface area contributed by atoms with Crippen LogP contribution in [0.3, 0.4) is 0 Å². The molecule has 7 heteroatoms. The van der Waals surface area contributed by atoms with Crippen molar-refractivity contribution in [2.45, 2.75) is 45.6 Å². The van der Waals surface area contributed by atoms with Gasteiger partial charge in [0.2, 0.25) is 17.7 Å². The number of anilines is 1. The van der Waals surface area contributed by atoms with Crippen LogP contribution in [0.4, 0.5) is 5.69 Å². The molecule has 1 unspecified atom stereocenters. The second-order valence-corrected chi connectivity index (χ2v) is 7.80. The van der Waals surface area contributed by atoms with E-state index >= 15 is 0 Å². The molecule has 1 aliphatic rings. The van der Waals surface area contributed by atoms with Crippen molar-refractivity contribution in [3.05, 3.63) is 54.6 Å². The topological polar surface area (TPSA) is 79.0 Å². The summed E-state index contributed by atoms with van der Waals surface area (Å²) in [5.41, 5.74) is 0.775. The molecule has 1 saturated heterocycles. The Bertz CT molecular complexity index is 911. The van der Waals surface area contributed by atoms with E-state index in [0.717, 1.165) is 11.4 Å². The first-order valence-electron chi connectivity index (χ1n) is 11.2. The van der Waals surface area contributed by atoms with E-state index in [-0.39, 0.29) is 36.6 Å². The van der Waals surface area contributed by atoms with Crippen LogP contribution in [0.15, 0.2) is 54.6 Å². The molecule has 0 aromatic heterocycles. The number of amides is 3. The van der Waals surface area contributed by atoms with E-state index in [1.165, 1.54) is 0 Å². The van der Waals surface area contributed by atoms with E-state index in [0.29, 0.717) is 38.2 Å². The van der Waals surface area contributed by atoms with Crippen molar-refractivity contribution in [1.82, 2.24) is 10.2 Å². The predicted molar refractivity (Wildman–Crippen MR) is 124 cm³/mol. The van der Waals surface area contributed by atoms with E-state index in [2.05, 4.69) is 5.32 Å². The monoisotopic (exact) mass is 437 g/mol. The molecule has 3 rings (SSSR count). The highest BCUT2D eigenvalue weighted by Crippen LogP contribution is 2.27. The number of para-hydroxylation sites is 1. The lowest BCUT2D eigenvalue weighted by Gasteiger charge is -2.19. The summed E-state index contributed by atoms with van der Waals surface area (Å²) in [5, 5.41) is 2.93. The maximum Gasteiger partial charge on any atom is 0.229 e. The Morgan fingerprint density at radius 3 is 2.31 bits per heavy atom. The van der Waals surface area contributed by atoms with Crippen molar-refractivity contribution >= 4 is 23.4 Å². The summed E-state index contributed by atoms with van der Waals surface area (Å²) >= 11 is 0. The first-order chi connectivity index (χ1) is 15.5. The van der Waals surface area contributed by atoms with Gasteiger partial charge < -0.3 is 19.9 Å². The van der Waals surface area contributed by atoms with Gasteiger partial charge in [-0.05, 0) is 56.7 Å². The van der Waals surface area contributed by atoms with Gasteiger partial charge in [-0.15, -0.1) is 0 Å². The molecule has 0 aliphatic carbocycles. The standard InChI is InChI=1S/C25H31N3O4/c1-3-27(4-2)24(30)12-8-11-23(29)26-19-17-25(31)28(18-19)20-13-15-22(16-14-20)32-21-9-6-5-7-10-21/h5-7,9-10,13-16,19H,3-4,8,11-12,17-18H2,1-2H3,(H,26,29). The highest BCUT2D eigenvalue weighted by molar-refractivity contribution is 5.97. The van der Waals surface area contributed by atoms with Crippen LogP contribution >= 0.6 is 0 Å². The van der Waals surface area contributed by atoms with Gasteiger partial charge in [0.1, 0.15) is 11.5 Å². The maximum atomic E-state index is 12.5. The maximum absolute atomic E-state index is 12.5. The zero-order valence-electron chi connectivity index (χ0n) is 18.8. The number of carbonyl (C=O) groups is 3. The Morgan fingerprint density at radius 2 is 1.66 bits per heavy atom. The molecule has 1 atom stereocenters. The molecule has 7 nitrogen and oxygen atoms in total. The molecule has 170 valence electrons. The smallest absolute Gasteiger partial charge is 0.229 e. The predicted octanol–water partition coefficient (Wildman–Crippen LogP) is 3.74. The molecule has 1 heterocycles. The van der Waals surface area contributed by atoms with Gasteiger partial charge in [-0.1, -0.05) is 18.2 Å². The van der Waals surface area contributed by atoms with E-state index in [9.17, 15) is 14.4 Å². The quantitative estimate of drug-likeness (QED) is 0.614. The third kappa shape index (κ3) is 6.33. The molecule has 1 N–H and O–H groups in total.